The van der Waals surface area contributed by atoms with Crippen LogP contribution < -0.4 is 0 Å². The smallest absolute Gasteiger partial charge is 0.0626 e. The molecular formula is C34H44IrNO2-. The third-order valence-electron chi connectivity index (χ3n) is 9.59. The summed E-state index contributed by atoms with van der Waals surface area (Å²) in [7, 11) is 0. The summed E-state index contributed by atoms with van der Waals surface area (Å²) >= 11 is 0. The van der Waals surface area contributed by atoms with Crippen LogP contribution in [0, 0.1) is 49.5 Å². The summed E-state index contributed by atoms with van der Waals surface area (Å²) in [6, 6.07) is 20.0. The minimum Gasteiger partial charge on any atom is -0.392 e. The average molecular weight is 691 g/mol. The van der Waals surface area contributed by atoms with Crippen molar-refractivity contribution in [1.29, 1.82) is 0 Å². The van der Waals surface area contributed by atoms with Crippen LogP contribution in [-0.4, -0.2) is 27.4 Å². The van der Waals surface area contributed by atoms with Crippen molar-refractivity contribution < 1.29 is 30.3 Å². The summed E-state index contributed by atoms with van der Waals surface area (Å²) in [4.78, 5) is 4.70. The molecule has 4 heteroatoms. The van der Waals surface area contributed by atoms with E-state index in [4.69, 9.17) is 4.98 Å². The predicted molar refractivity (Wildman–Crippen MR) is 152 cm³/mol. The topological polar surface area (TPSA) is 53.4 Å². The first-order valence-electron chi connectivity index (χ1n) is 14.7. The fourth-order valence-corrected chi connectivity index (χ4v) is 7.66. The number of pyridine rings is 1. The Balaban J connectivity index is 0.000000173. The van der Waals surface area contributed by atoms with Gasteiger partial charge in [-0.15, -0.1) is 34.9 Å². The summed E-state index contributed by atoms with van der Waals surface area (Å²) in [5.74, 6) is 2.42. The van der Waals surface area contributed by atoms with Crippen LogP contribution in [0.4, 0.5) is 0 Å². The van der Waals surface area contributed by atoms with E-state index in [1.165, 1.54) is 62.3 Å². The number of benzene rings is 2. The van der Waals surface area contributed by atoms with E-state index in [1.807, 2.05) is 18.2 Å². The van der Waals surface area contributed by atoms with Gasteiger partial charge >= 0.3 is 0 Å². The van der Waals surface area contributed by atoms with Gasteiger partial charge in [-0.2, -0.15) is 0 Å². The molecule has 1 heterocycles. The minimum absolute atomic E-state index is 0. The average Bonchev–Trinajstić information content (AvgIpc) is 3.43. The molecule has 2 N–H and O–H groups in total. The Morgan fingerprint density at radius 3 is 2.32 bits per heavy atom. The van der Waals surface area contributed by atoms with Crippen molar-refractivity contribution in [3.05, 3.63) is 65.7 Å². The first-order valence-corrected chi connectivity index (χ1v) is 14.7. The van der Waals surface area contributed by atoms with Crippen molar-refractivity contribution in [3.63, 3.8) is 0 Å². The number of para-hydroxylation sites is 1. The third-order valence-corrected chi connectivity index (χ3v) is 9.59. The van der Waals surface area contributed by atoms with Crippen LogP contribution in [0.5, 0.6) is 0 Å². The zero-order valence-electron chi connectivity index (χ0n) is 23.2. The Kier molecular flexibility index (Phi) is 10.2. The van der Waals surface area contributed by atoms with E-state index in [-0.39, 0.29) is 38.2 Å². The molecule has 0 aliphatic heterocycles. The first kappa shape index (κ1) is 29.4. The second-order valence-electron chi connectivity index (χ2n) is 12.0. The monoisotopic (exact) mass is 691 g/mol. The molecule has 0 saturated heterocycles. The van der Waals surface area contributed by atoms with Crippen molar-refractivity contribution in [3.8, 4) is 11.3 Å². The van der Waals surface area contributed by atoms with Gasteiger partial charge in [-0.25, -0.2) is 0 Å². The van der Waals surface area contributed by atoms with Gasteiger partial charge in [-0.05, 0) is 66.5 Å². The van der Waals surface area contributed by atoms with Crippen molar-refractivity contribution in [2.75, 3.05) is 0 Å². The van der Waals surface area contributed by atoms with Gasteiger partial charge < -0.3 is 10.2 Å². The Bertz CT molecular complexity index is 1170. The maximum Gasteiger partial charge on any atom is 0.0626 e. The third kappa shape index (κ3) is 6.41. The molecule has 0 amide bonds. The summed E-state index contributed by atoms with van der Waals surface area (Å²) in [6.07, 6.45) is 10.8. The van der Waals surface area contributed by atoms with Crippen molar-refractivity contribution >= 4 is 10.9 Å². The SMILES string of the molecule is CC[C@H]1CCC2CC[C@@H](C3CCCC3)C(O)C2C1O.Cc1[c-]c(-c2ccc3ccccc3n2)cc(C)c1.[Ir]. The van der Waals surface area contributed by atoms with E-state index in [0.29, 0.717) is 17.8 Å². The van der Waals surface area contributed by atoms with Crippen LogP contribution in [-0.2, 0) is 20.1 Å². The van der Waals surface area contributed by atoms with E-state index >= 15 is 0 Å². The van der Waals surface area contributed by atoms with Crippen molar-refractivity contribution in [2.24, 2.45) is 29.6 Å². The zero-order valence-corrected chi connectivity index (χ0v) is 25.6. The molecule has 3 aliphatic carbocycles. The van der Waals surface area contributed by atoms with Gasteiger partial charge in [0.25, 0.3) is 0 Å². The number of aliphatic hydroxyl groups is 2. The second-order valence-corrected chi connectivity index (χ2v) is 12.0. The standard InChI is InChI=1S/C17H14N.C17H30O2.Ir/c1-12-9-13(2)11-15(10-12)17-8-7-14-5-3-4-6-16(14)18-17;1-2-11-7-8-13-9-10-14(12-5-3-4-6-12)17(19)15(13)16(11)18;/h3-10H,1-2H3;11-19H,2-10H2,1H3;/q-1;;/t;11-,13?,14-,15?,16?,17?;/m.0./s1. The van der Waals surface area contributed by atoms with Gasteiger partial charge in [0, 0.05) is 26.0 Å². The molecule has 0 bridgehead atoms. The largest absolute Gasteiger partial charge is 0.392 e. The number of hydrogen-bond acceptors (Lipinski definition) is 3. The molecule has 38 heavy (non-hydrogen) atoms. The molecule has 6 rings (SSSR count). The number of aromatic nitrogens is 1. The Hall–Kier alpha value is -1.58. The number of hydrogen-bond donors (Lipinski definition) is 2. The van der Waals surface area contributed by atoms with Crippen molar-refractivity contribution in [2.45, 2.75) is 90.8 Å². The zero-order chi connectivity index (χ0) is 25.9. The molecule has 3 aromatic rings. The predicted octanol–water partition coefficient (Wildman–Crippen LogP) is 7.68. The molecule has 3 saturated carbocycles. The summed E-state index contributed by atoms with van der Waals surface area (Å²) in [5.41, 5.74) is 5.48. The van der Waals surface area contributed by atoms with Gasteiger partial charge in [0.1, 0.15) is 0 Å². The van der Waals surface area contributed by atoms with Crippen LogP contribution in [0.25, 0.3) is 22.2 Å². The second kappa shape index (κ2) is 13.2. The molecule has 3 fully saturated rings. The molecule has 6 atom stereocenters. The fourth-order valence-electron chi connectivity index (χ4n) is 7.66. The molecule has 207 valence electrons. The number of aryl methyl sites for hydroxylation is 2. The normalized spacial score (nSPS) is 29.2. The molecule has 1 aromatic heterocycles. The van der Waals surface area contributed by atoms with Crippen molar-refractivity contribution in [1.82, 2.24) is 4.98 Å². The Morgan fingerprint density at radius 2 is 1.58 bits per heavy atom. The van der Waals surface area contributed by atoms with E-state index in [2.05, 4.69) is 57.2 Å². The van der Waals surface area contributed by atoms with Gasteiger partial charge in [0.15, 0.2) is 0 Å². The number of fused-ring (bicyclic) bond motifs is 2. The maximum atomic E-state index is 10.8. The number of nitrogens with zero attached hydrogens (tertiary/aromatic N) is 1. The Morgan fingerprint density at radius 1 is 0.842 bits per heavy atom. The van der Waals surface area contributed by atoms with Gasteiger partial charge in [-0.1, -0.05) is 83.2 Å². The van der Waals surface area contributed by atoms with E-state index in [1.54, 1.807) is 0 Å². The Labute approximate surface area is 242 Å². The summed E-state index contributed by atoms with van der Waals surface area (Å²) in [6.45, 7) is 6.35. The summed E-state index contributed by atoms with van der Waals surface area (Å²) < 4.78 is 0. The maximum absolute atomic E-state index is 10.8. The summed E-state index contributed by atoms with van der Waals surface area (Å²) in [5, 5.41) is 22.7. The van der Waals surface area contributed by atoms with Crippen LogP contribution in [0.1, 0.15) is 75.8 Å². The van der Waals surface area contributed by atoms with Crippen LogP contribution in [0.2, 0.25) is 0 Å². The van der Waals surface area contributed by atoms with E-state index in [9.17, 15) is 10.2 Å². The first-order chi connectivity index (χ1) is 17.9. The van der Waals surface area contributed by atoms with Crippen LogP contribution in [0.15, 0.2) is 48.5 Å². The number of rotatable bonds is 3. The van der Waals surface area contributed by atoms with Crippen LogP contribution >= 0.6 is 0 Å². The molecular weight excluding hydrogens is 647 g/mol. The van der Waals surface area contributed by atoms with Gasteiger partial charge in [-0.3, -0.25) is 4.98 Å². The minimum atomic E-state index is -0.247. The quantitative estimate of drug-likeness (QED) is 0.278. The van der Waals surface area contributed by atoms with E-state index < -0.39 is 0 Å². The molecule has 3 nitrogen and oxygen atoms in total. The van der Waals surface area contributed by atoms with Gasteiger partial charge in [0.2, 0.25) is 0 Å². The molecule has 3 aliphatic rings. The molecule has 1 radical (unpaired) electrons. The number of aliphatic hydroxyl groups excluding tert-OH is 2. The van der Waals surface area contributed by atoms with Crippen LogP contribution in [0.3, 0.4) is 0 Å². The molecule has 0 spiro atoms. The molecule has 2 aromatic carbocycles. The van der Waals surface area contributed by atoms with E-state index in [0.717, 1.165) is 34.7 Å². The fraction of sp³-hybridized carbons (Fsp3) is 0.559. The molecule has 4 unspecified atom stereocenters. The van der Waals surface area contributed by atoms with Gasteiger partial charge in [0.05, 0.1) is 17.7 Å².